The number of hydrogen-bond acceptors (Lipinski definition) is 12. The fourth-order valence-electron chi connectivity index (χ4n) is 6.59. The summed E-state index contributed by atoms with van der Waals surface area (Å²) in [5.74, 6) is -4.27. The number of carbonyl (C=O) groups is 3. The van der Waals surface area contributed by atoms with Gasteiger partial charge >= 0.3 is 0 Å². The summed E-state index contributed by atoms with van der Waals surface area (Å²) >= 11 is 0. The van der Waals surface area contributed by atoms with Crippen LogP contribution in [0, 0.1) is 53.4 Å². The molecule has 299 valence electrons. The summed E-state index contributed by atoms with van der Waals surface area (Å²) in [6, 6.07) is 4.81. The molecule has 1 fully saturated rings. The van der Waals surface area contributed by atoms with Crippen LogP contribution in [0.5, 0.6) is 11.5 Å². The van der Waals surface area contributed by atoms with E-state index in [9.17, 15) is 39.0 Å². The molecule has 55 heavy (non-hydrogen) atoms. The molecule has 3 amide bonds. The molecular formula is C36H47LaN6O12-3. The molecule has 1 radical (unpaired) electrons. The van der Waals surface area contributed by atoms with Gasteiger partial charge in [-0.15, -0.1) is 0 Å². The molecule has 4 N–H and O–H groups in total. The minimum absolute atomic E-state index is 0. The summed E-state index contributed by atoms with van der Waals surface area (Å²) in [6.45, 7) is 1.89. The van der Waals surface area contributed by atoms with Crippen molar-refractivity contribution in [3.8, 4) is 11.5 Å². The van der Waals surface area contributed by atoms with E-state index in [-0.39, 0.29) is 127 Å². The Kier molecular flexibility index (Phi) is 19.7. The van der Waals surface area contributed by atoms with Crippen LogP contribution in [0.1, 0.15) is 50.7 Å². The third-order valence-corrected chi connectivity index (χ3v) is 9.20. The normalized spacial score (nSPS) is 16.3. The van der Waals surface area contributed by atoms with Gasteiger partial charge in [-0.1, -0.05) is 0 Å². The number of nitrogens with one attached hydrogen (secondary N) is 3. The van der Waals surface area contributed by atoms with Crippen LogP contribution >= 0.6 is 0 Å². The number of methoxy groups -OCH3 is 3. The molecule has 0 spiro atoms. The van der Waals surface area contributed by atoms with Gasteiger partial charge < -0.3 is 59.6 Å². The first kappa shape index (κ1) is 47.0. The molecule has 3 aromatic rings. The van der Waals surface area contributed by atoms with Crippen LogP contribution in [-0.4, -0.2) is 97.7 Å². The Morgan fingerprint density at radius 2 is 1.00 bits per heavy atom. The summed E-state index contributed by atoms with van der Waals surface area (Å²) < 4.78 is 19.6. The van der Waals surface area contributed by atoms with E-state index >= 15 is 0 Å². The van der Waals surface area contributed by atoms with Crippen molar-refractivity contribution in [3.05, 3.63) is 90.6 Å². The molecule has 3 heterocycles. The zero-order valence-electron chi connectivity index (χ0n) is 31.1. The van der Waals surface area contributed by atoms with Gasteiger partial charge in [-0.2, -0.15) is 0 Å². The third kappa shape index (κ3) is 13.0. The zero-order chi connectivity index (χ0) is 38.5. The first-order valence-electron chi connectivity index (χ1n) is 17.3. The second-order valence-electron chi connectivity index (χ2n) is 13.0. The molecule has 4 rings (SSSR count). The van der Waals surface area contributed by atoms with E-state index < -0.39 is 40.1 Å². The molecule has 0 bridgehead atoms. The number of ether oxygens (including phenoxy) is 3. The van der Waals surface area contributed by atoms with E-state index in [2.05, 4.69) is 16.0 Å². The summed E-state index contributed by atoms with van der Waals surface area (Å²) in [5, 5.41) is 33.9. The third-order valence-electron chi connectivity index (χ3n) is 9.20. The maximum Gasteiger partial charge on any atom is 0.268 e. The quantitative estimate of drug-likeness (QED) is 0.135. The fraction of sp³-hybridized carbons (Fsp3) is 0.500. The fourth-order valence-corrected chi connectivity index (χ4v) is 6.59. The number of aromatic nitrogens is 3. The van der Waals surface area contributed by atoms with Gasteiger partial charge in [0.15, 0.2) is 16.3 Å². The first-order chi connectivity index (χ1) is 25.5. The van der Waals surface area contributed by atoms with Gasteiger partial charge in [0.25, 0.3) is 17.7 Å². The van der Waals surface area contributed by atoms with Crippen LogP contribution in [0.15, 0.2) is 57.2 Å². The molecule has 1 unspecified atom stereocenters. The van der Waals surface area contributed by atoms with Crippen molar-refractivity contribution in [2.24, 2.45) is 17.8 Å². The summed E-state index contributed by atoms with van der Waals surface area (Å²) in [6.07, 6.45) is 5.87. The van der Waals surface area contributed by atoms with Crippen molar-refractivity contribution in [3.63, 3.8) is 0 Å². The molecule has 0 saturated heterocycles. The number of carbonyl (C=O) groups excluding carboxylic acids is 3. The predicted molar refractivity (Wildman–Crippen MR) is 190 cm³/mol. The minimum Gasteiger partial charge on any atom is -0.870 e. The monoisotopic (exact) mass is 894 g/mol. The molecule has 19 heteroatoms. The van der Waals surface area contributed by atoms with Gasteiger partial charge in [0, 0.05) is 139 Å². The largest absolute Gasteiger partial charge is 0.870 e. The Morgan fingerprint density at radius 1 is 0.636 bits per heavy atom. The zero-order valence-corrected chi connectivity index (χ0v) is 34.7. The van der Waals surface area contributed by atoms with E-state index in [0.29, 0.717) is 32.4 Å². The number of hydrogen-bond donors (Lipinski definition) is 3. The van der Waals surface area contributed by atoms with Crippen molar-refractivity contribution in [2.75, 3.05) is 60.8 Å². The van der Waals surface area contributed by atoms with E-state index in [1.54, 1.807) is 4.57 Å². The molecule has 0 aromatic carbocycles. The van der Waals surface area contributed by atoms with Crippen LogP contribution in [0.2, 0.25) is 0 Å². The van der Waals surface area contributed by atoms with E-state index in [1.165, 1.54) is 61.2 Å². The van der Waals surface area contributed by atoms with E-state index in [0.717, 1.165) is 12.1 Å². The van der Waals surface area contributed by atoms with Gasteiger partial charge in [-0.3, -0.25) is 28.8 Å². The van der Waals surface area contributed by atoms with Crippen molar-refractivity contribution >= 4 is 17.7 Å². The minimum atomic E-state index is -0.932. The van der Waals surface area contributed by atoms with E-state index in [4.69, 9.17) is 14.2 Å². The maximum atomic E-state index is 13.3. The standard InChI is InChI=1S/C36H48N6O11.La.H2O/c1-51-13-10-40-7-4-26(43)19-27(40)34(48)37-20-23-16-24(21-38-35(49)30-32(46)28(44)5-8-41(30)11-14-52-2)18-25(17-23)22-39-36(50)31-33(47)29(45)6-9-42(31)12-15-53-3;;/h4-9,19,23-25,46-47H,10-18,20-22H2,1-3H3,(H,37,48)(H,38,49)(H,39,50);;1H2/p-3/t23?,24-,25+;;. The van der Waals surface area contributed by atoms with Gasteiger partial charge in [0.1, 0.15) is 17.1 Å². The van der Waals surface area contributed by atoms with Gasteiger partial charge in [-0.25, -0.2) is 0 Å². The van der Waals surface area contributed by atoms with Crippen LogP contribution < -0.4 is 42.4 Å². The van der Waals surface area contributed by atoms with Gasteiger partial charge in [-0.05, 0) is 48.5 Å². The molecule has 18 nitrogen and oxygen atoms in total. The molecule has 3 atom stereocenters. The van der Waals surface area contributed by atoms with Gasteiger partial charge in [0.2, 0.25) is 0 Å². The van der Waals surface area contributed by atoms with Crippen LogP contribution in [-0.2, 0) is 33.8 Å². The Hall–Kier alpha value is -4.11. The molecule has 1 saturated carbocycles. The smallest absolute Gasteiger partial charge is 0.268 e. The van der Waals surface area contributed by atoms with E-state index in [1.807, 2.05) is 0 Å². The molecule has 0 aliphatic heterocycles. The topological polar surface area (TPSA) is 257 Å². The first-order valence-corrected chi connectivity index (χ1v) is 17.3. The van der Waals surface area contributed by atoms with Crippen molar-refractivity contribution in [1.82, 2.24) is 29.7 Å². The average Bonchev–Trinajstić information content (AvgIpc) is 3.15. The summed E-state index contributed by atoms with van der Waals surface area (Å²) in [7, 11) is 4.48. The summed E-state index contributed by atoms with van der Waals surface area (Å²) in [5.41, 5.74) is -2.40. The number of nitrogens with zero attached hydrogens (tertiary/aromatic N) is 3. The van der Waals surface area contributed by atoms with Crippen LogP contribution in [0.4, 0.5) is 0 Å². The second kappa shape index (κ2) is 23.1. The Bertz CT molecular complexity index is 1830. The number of pyridine rings is 3. The Labute approximate surface area is 345 Å². The molecular weight excluding hydrogens is 847 g/mol. The van der Waals surface area contributed by atoms with Crippen molar-refractivity contribution in [1.29, 1.82) is 0 Å². The Balaban J connectivity index is 0.00000523. The van der Waals surface area contributed by atoms with Gasteiger partial charge in [0.05, 0.1) is 19.8 Å². The van der Waals surface area contributed by atoms with Crippen molar-refractivity contribution in [2.45, 2.75) is 38.9 Å². The Morgan fingerprint density at radius 3 is 1.40 bits per heavy atom. The average molecular weight is 895 g/mol. The molecule has 3 aromatic heterocycles. The van der Waals surface area contributed by atoms with Crippen molar-refractivity contribution < 1.29 is 79.9 Å². The second-order valence-corrected chi connectivity index (χ2v) is 13.0. The predicted octanol–water partition coefficient (Wildman–Crippen LogP) is -1.30. The maximum absolute atomic E-state index is 13.3. The molecule has 1 aliphatic carbocycles. The number of amides is 3. The van der Waals surface area contributed by atoms with Crippen LogP contribution in [0.3, 0.4) is 0 Å². The molecule has 1 aliphatic rings. The summed E-state index contributed by atoms with van der Waals surface area (Å²) in [4.78, 5) is 76.4. The SMILES string of the molecule is COCCn1ccc(=O)cc1C(=O)NCC1C[C@@H](CNC(=O)c2c([O-])c(=O)ccn2CCOC)C[C@@H](CNC(=O)c2c([O-])c(=O)ccn2CCOC)C1.[La].[OH-]. The van der Waals surface area contributed by atoms with Crippen LogP contribution in [0.25, 0.3) is 0 Å². The number of rotatable bonds is 18.